The molecular formula is C10H16N4O. The zero-order valence-electron chi connectivity index (χ0n) is 8.89. The maximum absolute atomic E-state index is 11.9. The van der Waals surface area contributed by atoms with Gasteiger partial charge in [0.05, 0.1) is 6.42 Å². The second kappa shape index (κ2) is 4.10. The quantitative estimate of drug-likeness (QED) is 0.762. The van der Waals surface area contributed by atoms with Crippen LogP contribution in [0, 0.1) is 5.92 Å². The third kappa shape index (κ3) is 2.23. The van der Waals surface area contributed by atoms with Gasteiger partial charge in [-0.15, -0.1) is 0 Å². The van der Waals surface area contributed by atoms with E-state index in [0.29, 0.717) is 6.42 Å². The van der Waals surface area contributed by atoms with Crippen molar-refractivity contribution in [3.8, 4) is 0 Å². The van der Waals surface area contributed by atoms with E-state index in [1.54, 1.807) is 11.7 Å². The second-order valence-electron chi connectivity index (χ2n) is 4.21. The number of carbonyl (C=O) groups is 1. The Morgan fingerprint density at radius 2 is 2.47 bits per heavy atom. The molecule has 1 fully saturated rings. The van der Waals surface area contributed by atoms with Crippen molar-refractivity contribution in [3.05, 3.63) is 12.2 Å². The molecule has 2 rings (SSSR count). The van der Waals surface area contributed by atoms with Crippen molar-refractivity contribution in [1.29, 1.82) is 0 Å². The van der Waals surface area contributed by atoms with Crippen molar-refractivity contribution in [1.82, 2.24) is 14.8 Å². The van der Waals surface area contributed by atoms with Crippen LogP contribution >= 0.6 is 0 Å². The highest BCUT2D eigenvalue weighted by atomic mass is 16.1. The van der Waals surface area contributed by atoms with Crippen molar-refractivity contribution in [2.24, 2.45) is 18.7 Å². The van der Waals surface area contributed by atoms with E-state index in [2.05, 4.69) is 10.1 Å². The minimum Gasteiger partial charge on any atom is -0.328 e. The molecule has 15 heavy (non-hydrogen) atoms. The number of ketones is 1. The lowest BCUT2D eigenvalue weighted by atomic mass is 9.99. The Hall–Kier alpha value is -1.23. The number of aromatic nitrogens is 3. The number of hydrogen-bond donors (Lipinski definition) is 1. The van der Waals surface area contributed by atoms with Gasteiger partial charge in [0.1, 0.15) is 17.9 Å². The van der Waals surface area contributed by atoms with E-state index in [4.69, 9.17) is 5.73 Å². The zero-order valence-corrected chi connectivity index (χ0v) is 8.89. The second-order valence-corrected chi connectivity index (χ2v) is 4.21. The van der Waals surface area contributed by atoms with Gasteiger partial charge in [0.2, 0.25) is 0 Å². The van der Waals surface area contributed by atoms with Crippen LogP contribution in [0.5, 0.6) is 0 Å². The molecule has 0 bridgehead atoms. The van der Waals surface area contributed by atoms with Crippen molar-refractivity contribution in [2.75, 3.05) is 0 Å². The summed E-state index contributed by atoms with van der Waals surface area (Å²) in [5, 5.41) is 3.94. The zero-order chi connectivity index (χ0) is 10.8. The molecule has 2 unspecified atom stereocenters. The third-order valence-corrected chi connectivity index (χ3v) is 3.07. The number of Topliss-reactive ketones (excluding diaryl/α,β-unsaturated/α-hetero) is 1. The van der Waals surface area contributed by atoms with E-state index in [-0.39, 0.29) is 17.7 Å². The molecule has 82 valence electrons. The summed E-state index contributed by atoms with van der Waals surface area (Å²) >= 11 is 0. The molecule has 1 saturated carbocycles. The van der Waals surface area contributed by atoms with Gasteiger partial charge in [-0.25, -0.2) is 4.98 Å². The minimum atomic E-state index is 0.136. The highest BCUT2D eigenvalue weighted by Gasteiger charge is 2.28. The van der Waals surface area contributed by atoms with E-state index in [1.165, 1.54) is 6.33 Å². The molecule has 1 aliphatic rings. The fraction of sp³-hybridized carbons (Fsp3) is 0.700. The van der Waals surface area contributed by atoms with Gasteiger partial charge in [0.25, 0.3) is 0 Å². The van der Waals surface area contributed by atoms with Gasteiger partial charge in [-0.3, -0.25) is 9.48 Å². The first-order valence-corrected chi connectivity index (χ1v) is 5.28. The normalized spacial score (nSPS) is 25.7. The first-order chi connectivity index (χ1) is 7.16. The van der Waals surface area contributed by atoms with Crippen LogP contribution in [0.2, 0.25) is 0 Å². The standard InChI is InChI=1S/C10H16N4O/c1-14-10(12-6-13-14)5-9(15)7-2-3-8(11)4-7/h6-8H,2-5,11H2,1H3. The summed E-state index contributed by atoms with van der Waals surface area (Å²) < 4.78 is 1.65. The molecule has 0 spiro atoms. The van der Waals surface area contributed by atoms with Gasteiger partial charge >= 0.3 is 0 Å². The van der Waals surface area contributed by atoms with Crippen molar-refractivity contribution < 1.29 is 4.79 Å². The molecule has 0 amide bonds. The van der Waals surface area contributed by atoms with Crippen LogP contribution in [-0.2, 0) is 18.3 Å². The Labute approximate surface area is 88.7 Å². The lowest BCUT2D eigenvalue weighted by Gasteiger charge is -2.07. The lowest BCUT2D eigenvalue weighted by Crippen LogP contribution is -2.20. The summed E-state index contributed by atoms with van der Waals surface area (Å²) in [5.41, 5.74) is 5.78. The van der Waals surface area contributed by atoms with Gasteiger partial charge in [0.15, 0.2) is 0 Å². The molecule has 1 aromatic rings. The van der Waals surface area contributed by atoms with E-state index in [9.17, 15) is 4.79 Å². The van der Waals surface area contributed by atoms with Crippen LogP contribution in [0.3, 0.4) is 0 Å². The summed E-state index contributed by atoms with van der Waals surface area (Å²) in [5.74, 6) is 1.12. The SMILES string of the molecule is Cn1ncnc1CC(=O)C1CCC(N)C1. The van der Waals surface area contributed by atoms with Crippen molar-refractivity contribution in [3.63, 3.8) is 0 Å². The Bertz CT molecular complexity index is 360. The van der Waals surface area contributed by atoms with Gasteiger partial charge in [-0.05, 0) is 19.3 Å². The van der Waals surface area contributed by atoms with Crippen LogP contribution < -0.4 is 5.73 Å². The molecule has 0 saturated heterocycles. The molecule has 1 heterocycles. The fourth-order valence-corrected chi connectivity index (χ4v) is 2.09. The Morgan fingerprint density at radius 3 is 3.00 bits per heavy atom. The average molecular weight is 208 g/mol. The first kappa shape index (κ1) is 10.3. The minimum absolute atomic E-state index is 0.136. The largest absolute Gasteiger partial charge is 0.328 e. The third-order valence-electron chi connectivity index (χ3n) is 3.07. The van der Waals surface area contributed by atoms with Gasteiger partial charge in [-0.1, -0.05) is 0 Å². The number of nitrogens with zero attached hydrogens (tertiary/aromatic N) is 3. The molecule has 5 heteroatoms. The Kier molecular flexibility index (Phi) is 2.81. The molecular weight excluding hydrogens is 192 g/mol. The van der Waals surface area contributed by atoms with Gasteiger partial charge in [0, 0.05) is 19.0 Å². The number of rotatable bonds is 3. The Morgan fingerprint density at radius 1 is 1.67 bits per heavy atom. The summed E-state index contributed by atoms with van der Waals surface area (Å²) in [7, 11) is 1.80. The monoisotopic (exact) mass is 208 g/mol. The van der Waals surface area contributed by atoms with E-state index in [0.717, 1.165) is 25.1 Å². The number of aryl methyl sites for hydroxylation is 1. The molecule has 1 aromatic heterocycles. The first-order valence-electron chi connectivity index (χ1n) is 5.28. The van der Waals surface area contributed by atoms with Gasteiger partial charge in [-0.2, -0.15) is 5.10 Å². The molecule has 0 radical (unpaired) electrons. The molecule has 0 aromatic carbocycles. The molecule has 1 aliphatic carbocycles. The summed E-state index contributed by atoms with van der Waals surface area (Å²) in [6.07, 6.45) is 4.58. The van der Waals surface area contributed by atoms with Gasteiger partial charge < -0.3 is 5.73 Å². The molecule has 0 aliphatic heterocycles. The molecule has 2 atom stereocenters. The Balaban J connectivity index is 1.95. The summed E-state index contributed by atoms with van der Waals surface area (Å²) in [4.78, 5) is 15.9. The number of hydrogen-bond acceptors (Lipinski definition) is 4. The maximum atomic E-state index is 11.9. The summed E-state index contributed by atoms with van der Waals surface area (Å²) in [6.45, 7) is 0. The van der Waals surface area contributed by atoms with Crippen LogP contribution in [0.15, 0.2) is 6.33 Å². The maximum Gasteiger partial charge on any atom is 0.143 e. The van der Waals surface area contributed by atoms with E-state index in [1.807, 2.05) is 0 Å². The molecule has 5 nitrogen and oxygen atoms in total. The van der Waals surface area contributed by atoms with Crippen molar-refractivity contribution >= 4 is 5.78 Å². The highest BCUT2D eigenvalue weighted by Crippen LogP contribution is 2.25. The predicted octanol–water partition coefficient (Wildman–Crippen LogP) is 0.0541. The smallest absolute Gasteiger partial charge is 0.143 e. The molecule has 2 N–H and O–H groups in total. The van der Waals surface area contributed by atoms with Crippen molar-refractivity contribution in [2.45, 2.75) is 31.7 Å². The van der Waals surface area contributed by atoms with Crippen LogP contribution in [0.25, 0.3) is 0 Å². The topological polar surface area (TPSA) is 73.8 Å². The fourth-order valence-electron chi connectivity index (χ4n) is 2.09. The average Bonchev–Trinajstić information content (AvgIpc) is 2.77. The van der Waals surface area contributed by atoms with E-state index >= 15 is 0 Å². The highest BCUT2D eigenvalue weighted by molar-refractivity contribution is 5.82. The van der Waals surface area contributed by atoms with Crippen LogP contribution in [0.4, 0.5) is 0 Å². The van der Waals surface area contributed by atoms with Crippen LogP contribution in [0.1, 0.15) is 25.1 Å². The van der Waals surface area contributed by atoms with Crippen LogP contribution in [-0.4, -0.2) is 26.6 Å². The predicted molar refractivity (Wildman–Crippen MR) is 55.0 cm³/mol. The lowest BCUT2D eigenvalue weighted by molar-refractivity contribution is -0.122. The number of carbonyl (C=O) groups excluding carboxylic acids is 1. The van der Waals surface area contributed by atoms with E-state index < -0.39 is 0 Å². The number of nitrogens with two attached hydrogens (primary N) is 1. The summed E-state index contributed by atoms with van der Waals surface area (Å²) in [6, 6.07) is 0.207.